The number of halogens is 3. The zero-order valence-corrected chi connectivity index (χ0v) is 10.3. The molecule has 1 aromatic rings. The summed E-state index contributed by atoms with van der Waals surface area (Å²) in [5, 5.41) is 0.490. The maximum Gasteiger partial charge on any atom is 0.262 e. The monoisotopic (exact) mass is 272 g/mol. The largest absolute Gasteiger partial charge is 0.262 e. The highest BCUT2D eigenvalue weighted by Gasteiger charge is 2.16. The minimum absolute atomic E-state index is 0.0437. The number of rotatable bonds is 2. The molecule has 2 nitrogen and oxygen atoms in total. The number of aryl methyl sites for hydroxylation is 1. The average molecular weight is 274 g/mol. The van der Waals surface area contributed by atoms with Gasteiger partial charge < -0.3 is 0 Å². The fourth-order valence-electron chi connectivity index (χ4n) is 1.03. The summed E-state index contributed by atoms with van der Waals surface area (Å²) < 4.78 is 22.1. The van der Waals surface area contributed by atoms with E-state index in [-0.39, 0.29) is 9.92 Å². The van der Waals surface area contributed by atoms with Crippen LogP contribution < -0.4 is 0 Å². The Morgan fingerprint density at radius 3 is 2.21 bits per heavy atom. The van der Waals surface area contributed by atoms with E-state index >= 15 is 0 Å². The summed E-state index contributed by atoms with van der Waals surface area (Å²) >= 11 is 11.5. The van der Waals surface area contributed by atoms with Gasteiger partial charge in [0.25, 0.3) is 9.05 Å². The van der Waals surface area contributed by atoms with Gasteiger partial charge in [-0.2, -0.15) is 0 Å². The first-order chi connectivity index (χ1) is 6.36. The number of hydrogen-bond donors (Lipinski definition) is 0. The van der Waals surface area contributed by atoms with Gasteiger partial charge in [-0.3, -0.25) is 0 Å². The Hall–Kier alpha value is 0.0400. The molecule has 0 unspecified atom stereocenters. The predicted molar refractivity (Wildman–Crippen MR) is 58.9 cm³/mol. The highest BCUT2D eigenvalue weighted by molar-refractivity contribution is 8.13. The predicted octanol–water partition coefficient (Wildman–Crippen LogP) is 3.48. The third-order valence-electron chi connectivity index (χ3n) is 1.74. The van der Waals surface area contributed by atoms with Crippen molar-refractivity contribution in [3.05, 3.63) is 27.7 Å². The van der Waals surface area contributed by atoms with E-state index in [1.165, 1.54) is 12.1 Å². The van der Waals surface area contributed by atoms with Crippen LogP contribution in [0.4, 0.5) is 0 Å². The summed E-state index contributed by atoms with van der Waals surface area (Å²) in [5.41, 5.74) is 0.704. The molecule has 1 rings (SSSR count). The van der Waals surface area contributed by atoms with E-state index < -0.39 is 9.05 Å². The highest BCUT2D eigenvalue weighted by Crippen LogP contribution is 2.30. The fraction of sp³-hybridized carbons (Fsp3) is 0.250. The van der Waals surface area contributed by atoms with E-state index in [0.29, 0.717) is 17.0 Å². The highest BCUT2D eigenvalue weighted by atomic mass is 35.7. The van der Waals surface area contributed by atoms with Crippen molar-refractivity contribution in [2.45, 2.75) is 18.2 Å². The van der Waals surface area contributed by atoms with Crippen molar-refractivity contribution < 1.29 is 8.42 Å². The summed E-state index contributed by atoms with van der Waals surface area (Å²) in [4.78, 5) is -0.0953. The second-order valence-corrected chi connectivity index (χ2v) is 6.01. The molecular formula is C8H7Cl3O2S. The van der Waals surface area contributed by atoms with Gasteiger partial charge in [-0.15, -0.1) is 0 Å². The van der Waals surface area contributed by atoms with Crippen LogP contribution in [0.15, 0.2) is 17.0 Å². The Morgan fingerprint density at radius 1 is 1.21 bits per heavy atom. The molecule has 0 saturated heterocycles. The van der Waals surface area contributed by atoms with Crippen LogP contribution in [-0.2, 0) is 15.5 Å². The molecule has 0 spiro atoms. The fourth-order valence-corrected chi connectivity index (χ4v) is 2.93. The van der Waals surface area contributed by atoms with Crippen LogP contribution in [0.5, 0.6) is 0 Å². The van der Waals surface area contributed by atoms with Crippen LogP contribution >= 0.6 is 33.9 Å². The lowest BCUT2D eigenvalue weighted by Crippen LogP contribution is -1.94. The molecule has 0 radical (unpaired) electrons. The summed E-state index contributed by atoms with van der Waals surface area (Å²) in [6, 6.07) is 2.78. The van der Waals surface area contributed by atoms with Crippen LogP contribution in [0.25, 0.3) is 0 Å². The SMILES string of the molecule is CCc1cc(S(=O)(=O)Cl)c(Cl)cc1Cl. The molecule has 0 aliphatic heterocycles. The topological polar surface area (TPSA) is 34.1 Å². The smallest absolute Gasteiger partial charge is 0.207 e. The normalized spacial score (nSPS) is 11.7. The molecule has 0 amide bonds. The van der Waals surface area contributed by atoms with Gasteiger partial charge in [-0.1, -0.05) is 30.1 Å². The molecule has 0 saturated carbocycles. The summed E-state index contributed by atoms with van der Waals surface area (Å²) in [6.45, 7) is 1.86. The molecule has 0 N–H and O–H groups in total. The number of hydrogen-bond acceptors (Lipinski definition) is 2. The zero-order chi connectivity index (χ0) is 10.9. The molecule has 0 heterocycles. The molecular weight excluding hydrogens is 267 g/mol. The lowest BCUT2D eigenvalue weighted by molar-refractivity contribution is 0.609. The zero-order valence-electron chi connectivity index (χ0n) is 7.22. The molecule has 0 aromatic heterocycles. The van der Waals surface area contributed by atoms with Crippen LogP contribution in [0, 0.1) is 0 Å². The molecule has 0 aliphatic carbocycles. The van der Waals surface area contributed by atoms with Crippen molar-refractivity contribution in [1.82, 2.24) is 0 Å². The van der Waals surface area contributed by atoms with Gasteiger partial charge in [-0.25, -0.2) is 8.42 Å². The standard InChI is InChI=1S/C8H7Cl3O2S/c1-2-5-3-8(14(11,12)13)7(10)4-6(5)9/h3-4H,2H2,1H3. The van der Waals surface area contributed by atoms with Gasteiger partial charge in [0, 0.05) is 15.7 Å². The number of benzene rings is 1. The molecule has 0 aliphatic rings. The van der Waals surface area contributed by atoms with Crippen LogP contribution in [0.2, 0.25) is 10.0 Å². The Balaban J connectivity index is 3.47. The van der Waals surface area contributed by atoms with Gasteiger partial charge >= 0.3 is 0 Å². The Morgan fingerprint density at radius 2 is 1.79 bits per heavy atom. The van der Waals surface area contributed by atoms with Crippen molar-refractivity contribution in [2.75, 3.05) is 0 Å². The lowest BCUT2D eigenvalue weighted by atomic mass is 10.2. The van der Waals surface area contributed by atoms with Crippen molar-refractivity contribution in [3.63, 3.8) is 0 Å². The van der Waals surface area contributed by atoms with Crippen molar-refractivity contribution in [3.8, 4) is 0 Å². The third-order valence-corrected chi connectivity index (χ3v) is 3.88. The second-order valence-electron chi connectivity index (χ2n) is 2.67. The summed E-state index contributed by atoms with van der Waals surface area (Å²) in [6.07, 6.45) is 0.620. The Bertz CT molecular complexity index is 454. The van der Waals surface area contributed by atoms with Crippen LogP contribution in [-0.4, -0.2) is 8.42 Å². The van der Waals surface area contributed by atoms with E-state index in [2.05, 4.69) is 0 Å². The molecule has 0 bridgehead atoms. The van der Waals surface area contributed by atoms with Gasteiger partial charge in [0.05, 0.1) is 5.02 Å². The first-order valence-electron chi connectivity index (χ1n) is 3.79. The molecule has 1 aromatic carbocycles. The minimum atomic E-state index is -3.80. The van der Waals surface area contributed by atoms with E-state index in [1.807, 2.05) is 6.92 Å². The Kier molecular flexibility index (Phi) is 3.69. The Labute approximate surface area is 97.2 Å². The first kappa shape index (κ1) is 12.1. The molecule has 78 valence electrons. The van der Waals surface area contributed by atoms with Gasteiger partial charge in [0.1, 0.15) is 4.90 Å². The van der Waals surface area contributed by atoms with Crippen molar-refractivity contribution in [2.24, 2.45) is 0 Å². The van der Waals surface area contributed by atoms with Gasteiger partial charge in [0.2, 0.25) is 0 Å². The second kappa shape index (κ2) is 4.27. The lowest BCUT2D eigenvalue weighted by Gasteiger charge is -2.05. The average Bonchev–Trinajstić information content (AvgIpc) is 2.02. The van der Waals surface area contributed by atoms with Gasteiger partial charge in [0.15, 0.2) is 0 Å². The van der Waals surface area contributed by atoms with E-state index in [9.17, 15) is 8.42 Å². The molecule has 0 fully saturated rings. The third kappa shape index (κ3) is 2.54. The van der Waals surface area contributed by atoms with E-state index in [0.717, 1.165) is 0 Å². The summed E-state index contributed by atoms with van der Waals surface area (Å²) in [7, 11) is 1.39. The maximum atomic E-state index is 11.1. The van der Waals surface area contributed by atoms with Crippen molar-refractivity contribution in [1.29, 1.82) is 0 Å². The van der Waals surface area contributed by atoms with E-state index in [1.54, 1.807) is 0 Å². The van der Waals surface area contributed by atoms with Crippen LogP contribution in [0.3, 0.4) is 0 Å². The quantitative estimate of drug-likeness (QED) is 0.773. The summed E-state index contributed by atoms with van der Waals surface area (Å²) in [5.74, 6) is 0. The van der Waals surface area contributed by atoms with Gasteiger partial charge in [-0.05, 0) is 24.1 Å². The minimum Gasteiger partial charge on any atom is -0.207 e. The van der Waals surface area contributed by atoms with Crippen molar-refractivity contribution >= 4 is 42.9 Å². The first-order valence-corrected chi connectivity index (χ1v) is 6.85. The molecule has 0 atom stereocenters. The molecule has 6 heteroatoms. The molecule has 14 heavy (non-hydrogen) atoms. The maximum absolute atomic E-state index is 11.1. The van der Waals surface area contributed by atoms with E-state index in [4.69, 9.17) is 33.9 Å². The van der Waals surface area contributed by atoms with Crippen LogP contribution in [0.1, 0.15) is 12.5 Å².